The number of carbonyl (C=O) groups excluding carboxylic acids is 1. The number of nitrogens with zero attached hydrogens (tertiary/aromatic N) is 3. The van der Waals surface area contributed by atoms with Gasteiger partial charge in [0, 0.05) is 38.2 Å². The van der Waals surface area contributed by atoms with Gasteiger partial charge in [-0.15, -0.1) is 0 Å². The van der Waals surface area contributed by atoms with E-state index >= 15 is 0 Å². The zero-order valence-electron chi connectivity index (χ0n) is 11.6. The van der Waals surface area contributed by atoms with Crippen LogP contribution in [0.15, 0.2) is 11.0 Å². The third kappa shape index (κ3) is 2.17. The smallest absolute Gasteiger partial charge is 0.268 e. The van der Waals surface area contributed by atoms with Gasteiger partial charge in [-0.1, -0.05) is 0 Å². The molecule has 0 aromatic carbocycles. The number of rotatable bonds is 1. The molecule has 108 valence electrons. The first-order valence-electron chi connectivity index (χ1n) is 7.03. The van der Waals surface area contributed by atoms with E-state index in [1.807, 2.05) is 22.6 Å². The molecule has 2 aliphatic rings. The van der Waals surface area contributed by atoms with Crippen molar-refractivity contribution in [3.05, 3.63) is 20.1 Å². The molecule has 0 atom stereocenters. The number of aromatic nitrogens is 2. The van der Waals surface area contributed by atoms with E-state index in [1.165, 1.54) is 0 Å². The van der Waals surface area contributed by atoms with Crippen LogP contribution in [-0.2, 0) is 11.8 Å². The van der Waals surface area contributed by atoms with Gasteiger partial charge in [0.15, 0.2) is 0 Å². The Morgan fingerprint density at radius 1 is 1.25 bits per heavy atom. The molecule has 20 heavy (non-hydrogen) atoms. The molecule has 2 heterocycles. The maximum atomic E-state index is 12.1. The summed E-state index contributed by atoms with van der Waals surface area (Å²) in [4.78, 5) is 30.6. The summed E-state index contributed by atoms with van der Waals surface area (Å²) in [6.07, 6.45) is 6.25. The molecule has 1 aliphatic carbocycles. The number of Topliss-reactive ketones (excluding diaryl/α,β-unsaturated/α-hetero) is 1. The van der Waals surface area contributed by atoms with Crippen LogP contribution >= 0.6 is 22.6 Å². The second-order valence-corrected chi connectivity index (χ2v) is 6.98. The number of carbonyl (C=O) groups is 1. The highest BCUT2D eigenvalue weighted by molar-refractivity contribution is 14.1. The monoisotopic (exact) mass is 387 g/mol. The lowest BCUT2D eigenvalue weighted by molar-refractivity contribution is -0.126. The van der Waals surface area contributed by atoms with Crippen molar-refractivity contribution in [2.45, 2.75) is 32.1 Å². The summed E-state index contributed by atoms with van der Waals surface area (Å²) in [5.74, 6) is 1.16. The number of anilines is 1. The number of hydrogen-bond acceptors (Lipinski definition) is 4. The molecule has 1 spiro atoms. The predicted molar refractivity (Wildman–Crippen MR) is 84.9 cm³/mol. The third-order valence-electron chi connectivity index (χ3n) is 4.76. The quantitative estimate of drug-likeness (QED) is 0.689. The third-order valence-corrected chi connectivity index (χ3v) is 5.50. The van der Waals surface area contributed by atoms with Crippen molar-refractivity contribution in [3.8, 4) is 0 Å². The van der Waals surface area contributed by atoms with Crippen molar-refractivity contribution in [1.29, 1.82) is 0 Å². The van der Waals surface area contributed by atoms with Gasteiger partial charge in [0.25, 0.3) is 5.56 Å². The van der Waals surface area contributed by atoms with Gasteiger partial charge < -0.3 is 4.90 Å². The zero-order valence-corrected chi connectivity index (χ0v) is 13.7. The van der Waals surface area contributed by atoms with E-state index in [4.69, 9.17) is 0 Å². The van der Waals surface area contributed by atoms with Gasteiger partial charge in [0.1, 0.15) is 5.78 Å². The van der Waals surface area contributed by atoms with Crippen LogP contribution in [0, 0.1) is 8.99 Å². The SMILES string of the molecule is Cn1c(N2CCC3(CCCC3=O)CC2)ncc(I)c1=O. The zero-order chi connectivity index (χ0) is 14.3. The predicted octanol–water partition coefficient (Wildman–Crippen LogP) is 1.72. The first-order valence-corrected chi connectivity index (χ1v) is 8.11. The fourth-order valence-corrected chi connectivity index (χ4v) is 3.96. The summed E-state index contributed by atoms with van der Waals surface area (Å²) < 4.78 is 2.24. The van der Waals surface area contributed by atoms with Gasteiger partial charge in [-0.25, -0.2) is 4.98 Å². The summed E-state index contributed by atoms with van der Waals surface area (Å²) in [6, 6.07) is 0. The normalized spacial score (nSPS) is 21.7. The molecule has 1 saturated carbocycles. The summed E-state index contributed by atoms with van der Waals surface area (Å²) in [7, 11) is 1.76. The molecule has 3 rings (SSSR count). The fourth-order valence-electron chi connectivity index (χ4n) is 3.46. The molecular weight excluding hydrogens is 369 g/mol. The number of hydrogen-bond donors (Lipinski definition) is 0. The largest absolute Gasteiger partial charge is 0.342 e. The van der Waals surface area contributed by atoms with E-state index in [2.05, 4.69) is 9.88 Å². The van der Waals surface area contributed by atoms with Crippen molar-refractivity contribution in [3.63, 3.8) is 0 Å². The van der Waals surface area contributed by atoms with Crippen molar-refractivity contribution in [2.75, 3.05) is 18.0 Å². The summed E-state index contributed by atoms with van der Waals surface area (Å²) in [5.41, 5.74) is -0.0775. The minimum Gasteiger partial charge on any atom is -0.342 e. The molecule has 6 heteroatoms. The maximum Gasteiger partial charge on any atom is 0.268 e. The molecule has 1 aliphatic heterocycles. The van der Waals surface area contributed by atoms with Crippen molar-refractivity contribution < 1.29 is 4.79 Å². The standard InChI is InChI=1S/C14H18IN3O2/c1-17-12(20)10(15)9-16-13(17)18-7-5-14(6-8-18)4-2-3-11(14)19/h9H,2-8H2,1H3. The van der Waals surface area contributed by atoms with E-state index in [0.717, 1.165) is 51.1 Å². The second-order valence-electron chi connectivity index (χ2n) is 5.81. The Balaban J connectivity index is 1.81. The van der Waals surface area contributed by atoms with E-state index in [1.54, 1.807) is 17.8 Å². The number of halogens is 1. The van der Waals surface area contributed by atoms with Gasteiger partial charge in [0.2, 0.25) is 5.95 Å². The van der Waals surface area contributed by atoms with Crippen LogP contribution in [0.2, 0.25) is 0 Å². The van der Waals surface area contributed by atoms with Gasteiger partial charge in [0.05, 0.1) is 3.57 Å². The Morgan fingerprint density at radius 2 is 1.95 bits per heavy atom. The molecule has 2 fully saturated rings. The Hall–Kier alpha value is -0.920. The Labute approximate surface area is 131 Å². The molecule has 0 radical (unpaired) electrons. The van der Waals surface area contributed by atoms with E-state index in [-0.39, 0.29) is 11.0 Å². The van der Waals surface area contributed by atoms with Crippen LogP contribution in [0.1, 0.15) is 32.1 Å². The number of ketones is 1. The van der Waals surface area contributed by atoms with Crippen LogP contribution in [0.4, 0.5) is 5.95 Å². The molecule has 0 bridgehead atoms. The van der Waals surface area contributed by atoms with E-state index < -0.39 is 0 Å². The average Bonchev–Trinajstić information content (AvgIpc) is 2.79. The molecular formula is C14H18IN3O2. The van der Waals surface area contributed by atoms with Crippen LogP contribution < -0.4 is 10.5 Å². The van der Waals surface area contributed by atoms with Crippen LogP contribution in [0.5, 0.6) is 0 Å². The van der Waals surface area contributed by atoms with Gasteiger partial charge >= 0.3 is 0 Å². The lowest BCUT2D eigenvalue weighted by Gasteiger charge is -2.38. The summed E-state index contributed by atoms with van der Waals surface area (Å²) in [6.45, 7) is 1.62. The fraction of sp³-hybridized carbons (Fsp3) is 0.643. The Kier molecular flexibility index (Phi) is 3.60. The van der Waals surface area contributed by atoms with E-state index in [0.29, 0.717) is 9.35 Å². The minimum absolute atomic E-state index is 0.00664. The summed E-state index contributed by atoms with van der Waals surface area (Å²) in [5, 5.41) is 0. The molecule has 1 aromatic rings. The van der Waals surface area contributed by atoms with Crippen LogP contribution in [0.25, 0.3) is 0 Å². The minimum atomic E-state index is -0.0709. The van der Waals surface area contributed by atoms with Crippen molar-refractivity contribution in [1.82, 2.24) is 9.55 Å². The van der Waals surface area contributed by atoms with Crippen LogP contribution in [-0.4, -0.2) is 28.4 Å². The Bertz CT molecular complexity index is 603. The van der Waals surface area contributed by atoms with Gasteiger partial charge in [-0.05, 0) is 48.3 Å². The first kappa shape index (κ1) is 14.0. The van der Waals surface area contributed by atoms with Gasteiger partial charge in [-0.2, -0.15) is 0 Å². The van der Waals surface area contributed by atoms with Crippen molar-refractivity contribution >= 4 is 34.3 Å². The molecule has 5 nitrogen and oxygen atoms in total. The molecule has 1 aromatic heterocycles. The van der Waals surface area contributed by atoms with E-state index in [9.17, 15) is 9.59 Å². The molecule has 1 saturated heterocycles. The molecule has 0 amide bonds. The maximum absolute atomic E-state index is 12.1. The van der Waals surface area contributed by atoms with Crippen molar-refractivity contribution in [2.24, 2.45) is 12.5 Å². The lowest BCUT2D eigenvalue weighted by Crippen LogP contribution is -2.44. The summed E-state index contributed by atoms with van der Waals surface area (Å²) >= 11 is 2.01. The molecule has 0 N–H and O–H groups in total. The first-order chi connectivity index (χ1) is 9.53. The highest BCUT2D eigenvalue weighted by Crippen LogP contribution is 2.43. The second kappa shape index (κ2) is 5.13. The highest BCUT2D eigenvalue weighted by Gasteiger charge is 2.44. The topological polar surface area (TPSA) is 55.2 Å². The van der Waals surface area contributed by atoms with Crippen LogP contribution in [0.3, 0.4) is 0 Å². The number of piperidine rings is 1. The highest BCUT2D eigenvalue weighted by atomic mass is 127. The van der Waals surface area contributed by atoms with Gasteiger partial charge in [-0.3, -0.25) is 14.2 Å². The Morgan fingerprint density at radius 3 is 2.55 bits per heavy atom. The average molecular weight is 387 g/mol. The lowest BCUT2D eigenvalue weighted by atomic mass is 9.76. The molecule has 0 unspecified atom stereocenters.